The average molecular weight is 504 g/mol. The van der Waals surface area contributed by atoms with Crippen molar-refractivity contribution in [2.45, 2.75) is 53.2 Å². The zero-order valence-corrected chi connectivity index (χ0v) is 19.6. The average Bonchev–Trinajstić information content (AvgIpc) is 2.66. The molecule has 0 saturated carbocycles. The molecule has 0 amide bonds. The minimum atomic E-state index is -0.108. The number of nitrogens with zero attached hydrogens (tertiary/aromatic N) is 3. The lowest BCUT2D eigenvalue weighted by Crippen LogP contribution is -2.48. The lowest BCUT2D eigenvalue weighted by molar-refractivity contribution is -0.149. The molecular weight excluding hydrogens is 471 g/mol. The molecule has 0 aliphatic carbocycles. The Morgan fingerprint density at radius 2 is 2.18 bits per heavy atom. The number of rotatable bonds is 7. The van der Waals surface area contributed by atoms with Gasteiger partial charge >= 0.3 is 5.97 Å². The molecule has 0 aromatic carbocycles. The second kappa shape index (κ2) is 12.8. The second-order valence-electron chi connectivity index (χ2n) is 6.88. The number of pyridine rings is 1. The van der Waals surface area contributed by atoms with Crippen molar-refractivity contribution in [3.63, 3.8) is 0 Å². The van der Waals surface area contributed by atoms with E-state index in [0.29, 0.717) is 25.6 Å². The Labute approximate surface area is 185 Å². The van der Waals surface area contributed by atoms with E-state index >= 15 is 0 Å². The molecule has 1 aliphatic rings. The van der Waals surface area contributed by atoms with Gasteiger partial charge in [-0.15, -0.1) is 24.0 Å². The van der Waals surface area contributed by atoms with E-state index in [2.05, 4.69) is 15.2 Å². The van der Waals surface area contributed by atoms with Gasteiger partial charge in [0.15, 0.2) is 5.96 Å². The summed E-state index contributed by atoms with van der Waals surface area (Å²) in [5.41, 5.74) is 1.01. The van der Waals surface area contributed by atoms with Crippen LogP contribution in [0.15, 0.2) is 23.3 Å². The number of aliphatic imine (C=N–C) groups is 1. The standard InChI is InChI=1S/C20H32N4O3.HI/c1-5-21-20(24-11-7-8-17(14-24)19(25)26-6-2)23-13-16-9-10-18(22-12-16)27-15(3)4;/h9-10,12,15,17H,5-8,11,13-14H2,1-4H3,(H,21,23);1H. The maximum Gasteiger partial charge on any atom is 0.310 e. The number of aromatic nitrogens is 1. The Kier molecular flexibility index (Phi) is 11.2. The van der Waals surface area contributed by atoms with Crippen molar-refractivity contribution in [1.82, 2.24) is 15.2 Å². The maximum atomic E-state index is 12.1. The smallest absolute Gasteiger partial charge is 0.310 e. The van der Waals surface area contributed by atoms with Crippen molar-refractivity contribution in [2.75, 3.05) is 26.2 Å². The molecule has 1 aromatic rings. The summed E-state index contributed by atoms with van der Waals surface area (Å²) >= 11 is 0. The number of nitrogens with one attached hydrogen (secondary N) is 1. The summed E-state index contributed by atoms with van der Waals surface area (Å²) in [4.78, 5) is 23.3. The third-order valence-corrected chi connectivity index (χ3v) is 4.24. The van der Waals surface area contributed by atoms with Gasteiger partial charge in [-0.05, 0) is 46.1 Å². The number of halogens is 1. The van der Waals surface area contributed by atoms with Crippen molar-refractivity contribution >= 4 is 35.9 Å². The Morgan fingerprint density at radius 1 is 1.39 bits per heavy atom. The van der Waals surface area contributed by atoms with Gasteiger partial charge < -0.3 is 19.7 Å². The molecule has 2 rings (SSSR count). The van der Waals surface area contributed by atoms with Crippen LogP contribution in [0.25, 0.3) is 0 Å². The third-order valence-electron chi connectivity index (χ3n) is 4.24. The van der Waals surface area contributed by atoms with Crippen LogP contribution in [-0.4, -0.2) is 54.2 Å². The molecule has 1 atom stereocenters. The topological polar surface area (TPSA) is 76.1 Å². The van der Waals surface area contributed by atoms with Crippen molar-refractivity contribution < 1.29 is 14.3 Å². The Bertz CT molecular complexity index is 622. The first-order valence-corrected chi connectivity index (χ1v) is 9.85. The highest BCUT2D eigenvalue weighted by atomic mass is 127. The minimum absolute atomic E-state index is 0. The van der Waals surface area contributed by atoms with Crippen molar-refractivity contribution in [1.29, 1.82) is 0 Å². The largest absolute Gasteiger partial charge is 0.475 e. The molecule has 7 nitrogen and oxygen atoms in total. The van der Waals surface area contributed by atoms with E-state index in [1.807, 2.05) is 39.8 Å². The number of esters is 1. The fourth-order valence-corrected chi connectivity index (χ4v) is 3.03. The molecule has 1 saturated heterocycles. The number of piperidine rings is 1. The van der Waals surface area contributed by atoms with Gasteiger partial charge in [-0.25, -0.2) is 9.98 Å². The summed E-state index contributed by atoms with van der Waals surface area (Å²) in [6.45, 7) is 11.1. The highest BCUT2D eigenvalue weighted by Crippen LogP contribution is 2.18. The highest BCUT2D eigenvalue weighted by molar-refractivity contribution is 14.0. The number of likely N-dealkylation sites (tertiary alicyclic amines) is 1. The van der Waals surface area contributed by atoms with Crippen LogP contribution in [0.4, 0.5) is 0 Å². The van der Waals surface area contributed by atoms with Crippen LogP contribution in [0.1, 0.15) is 46.1 Å². The van der Waals surface area contributed by atoms with Crippen LogP contribution < -0.4 is 10.1 Å². The van der Waals surface area contributed by atoms with Gasteiger partial charge in [-0.1, -0.05) is 6.07 Å². The molecule has 8 heteroatoms. The predicted octanol–water partition coefficient (Wildman–Crippen LogP) is 3.23. The van der Waals surface area contributed by atoms with Crippen LogP contribution in [0.3, 0.4) is 0 Å². The fraction of sp³-hybridized carbons (Fsp3) is 0.650. The number of hydrogen-bond acceptors (Lipinski definition) is 5. The molecule has 0 radical (unpaired) electrons. The van der Waals surface area contributed by atoms with Crippen LogP contribution in [-0.2, 0) is 16.1 Å². The fourth-order valence-electron chi connectivity index (χ4n) is 3.03. The molecule has 1 aliphatic heterocycles. The van der Waals surface area contributed by atoms with Crippen LogP contribution in [0.5, 0.6) is 5.88 Å². The van der Waals surface area contributed by atoms with E-state index in [1.165, 1.54) is 0 Å². The molecule has 158 valence electrons. The van der Waals surface area contributed by atoms with E-state index in [1.54, 1.807) is 6.20 Å². The van der Waals surface area contributed by atoms with Crippen LogP contribution >= 0.6 is 24.0 Å². The summed E-state index contributed by atoms with van der Waals surface area (Å²) < 4.78 is 10.8. The lowest BCUT2D eigenvalue weighted by Gasteiger charge is -2.34. The van der Waals surface area contributed by atoms with E-state index < -0.39 is 0 Å². The van der Waals surface area contributed by atoms with Gasteiger partial charge in [0.2, 0.25) is 5.88 Å². The van der Waals surface area contributed by atoms with Gasteiger partial charge in [0.25, 0.3) is 0 Å². The Morgan fingerprint density at radius 3 is 2.79 bits per heavy atom. The van der Waals surface area contributed by atoms with Crippen molar-refractivity contribution in [3.8, 4) is 5.88 Å². The molecule has 1 fully saturated rings. The van der Waals surface area contributed by atoms with Gasteiger partial charge in [0.1, 0.15) is 0 Å². The van der Waals surface area contributed by atoms with E-state index in [-0.39, 0.29) is 42.0 Å². The number of carbonyl (C=O) groups excluding carboxylic acids is 1. The molecule has 1 N–H and O–H groups in total. The summed E-state index contributed by atoms with van der Waals surface area (Å²) in [6, 6.07) is 3.85. The first-order chi connectivity index (χ1) is 13.0. The number of guanidine groups is 1. The van der Waals surface area contributed by atoms with Gasteiger partial charge in [0, 0.05) is 31.9 Å². The molecule has 28 heavy (non-hydrogen) atoms. The van der Waals surface area contributed by atoms with Crippen LogP contribution in [0, 0.1) is 5.92 Å². The minimum Gasteiger partial charge on any atom is -0.475 e. The Hall–Kier alpha value is -1.58. The quantitative estimate of drug-likeness (QED) is 0.266. The second-order valence-corrected chi connectivity index (χ2v) is 6.88. The van der Waals surface area contributed by atoms with Gasteiger partial charge in [0.05, 0.1) is 25.2 Å². The van der Waals surface area contributed by atoms with Gasteiger partial charge in [-0.3, -0.25) is 4.79 Å². The normalized spacial score (nSPS) is 17.1. The molecule has 0 bridgehead atoms. The molecule has 2 heterocycles. The van der Waals surface area contributed by atoms with E-state index in [9.17, 15) is 4.79 Å². The van der Waals surface area contributed by atoms with Crippen molar-refractivity contribution in [3.05, 3.63) is 23.9 Å². The summed E-state index contributed by atoms with van der Waals surface area (Å²) in [6.07, 6.45) is 3.72. The first-order valence-electron chi connectivity index (χ1n) is 9.85. The first kappa shape index (κ1) is 24.5. The molecular formula is C20H33IN4O3. The van der Waals surface area contributed by atoms with E-state index in [4.69, 9.17) is 14.5 Å². The molecule has 0 spiro atoms. The summed E-state index contributed by atoms with van der Waals surface area (Å²) in [5, 5.41) is 3.33. The highest BCUT2D eigenvalue weighted by Gasteiger charge is 2.28. The molecule has 1 aromatic heterocycles. The maximum absolute atomic E-state index is 12.1. The summed E-state index contributed by atoms with van der Waals surface area (Å²) in [7, 11) is 0. The third kappa shape index (κ3) is 7.81. The summed E-state index contributed by atoms with van der Waals surface area (Å²) in [5.74, 6) is 1.26. The predicted molar refractivity (Wildman–Crippen MR) is 121 cm³/mol. The number of ether oxygens (including phenoxy) is 2. The van der Waals surface area contributed by atoms with Gasteiger partial charge in [-0.2, -0.15) is 0 Å². The zero-order chi connectivity index (χ0) is 19.6. The Balaban J connectivity index is 0.00000392. The SMILES string of the molecule is CCNC(=NCc1ccc(OC(C)C)nc1)N1CCCC(C(=O)OCC)C1.I. The van der Waals surface area contributed by atoms with Crippen molar-refractivity contribution in [2.24, 2.45) is 10.9 Å². The van der Waals surface area contributed by atoms with E-state index in [0.717, 1.165) is 37.5 Å². The monoisotopic (exact) mass is 504 g/mol. The molecule has 1 unspecified atom stereocenters. The number of hydrogen-bond donors (Lipinski definition) is 1. The van der Waals surface area contributed by atoms with Crippen LogP contribution in [0.2, 0.25) is 0 Å². The lowest BCUT2D eigenvalue weighted by atomic mass is 9.98. The zero-order valence-electron chi connectivity index (χ0n) is 17.3. The number of carbonyl (C=O) groups is 1.